The molecule has 0 spiro atoms. The first-order chi connectivity index (χ1) is 15.7. The van der Waals surface area contributed by atoms with E-state index >= 15 is 0 Å². The Kier molecular flexibility index (Phi) is 7.21. The Hall–Kier alpha value is -3.13. The molecule has 0 radical (unpaired) electrons. The molecule has 0 aliphatic rings. The zero-order valence-corrected chi connectivity index (χ0v) is 19.5. The van der Waals surface area contributed by atoms with Gasteiger partial charge in [0.2, 0.25) is 0 Å². The molecule has 0 fully saturated rings. The summed E-state index contributed by atoms with van der Waals surface area (Å²) in [5, 5.41) is 3.69. The molecule has 0 aromatic heterocycles. The summed E-state index contributed by atoms with van der Waals surface area (Å²) >= 11 is 5.45. The van der Waals surface area contributed by atoms with E-state index in [1.807, 2.05) is 54.6 Å². The van der Waals surface area contributed by atoms with Crippen LogP contribution in [0.4, 0.5) is 0 Å². The average Bonchev–Trinajstić information content (AvgIpc) is 2.82. The van der Waals surface area contributed by atoms with Gasteiger partial charge in [-0.05, 0) is 65.4 Å². The van der Waals surface area contributed by atoms with E-state index in [2.05, 4.69) is 58.3 Å². The number of hydrogen-bond donors (Lipinski definition) is 0. The molecule has 1 unspecified atom stereocenters. The van der Waals surface area contributed by atoms with Crippen LogP contribution in [-0.2, 0) is 11.8 Å². The van der Waals surface area contributed by atoms with E-state index in [1.54, 1.807) is 12.1 Å². The predicted octanol–water partition coefficient (Wildman–Crippen LogP) is 6.44. The van der Waals surface area contributed by atoms with Crippen molar-refractivity contribution in [2.75, 3.05) is 0 Å². The summed E-state index contributed by atoms with van der Waals surface area (Å²) in [6.45, 7) is -3.27. The van der Waals surface area contributed by atoms with Crippen LogP contribution in [0.5, 0.6) is 11.5 Å². The van der Waals surface area contributed by atoms with Gasteiger partial charge in [-0.2, -0.15) is 0 Å². The highest BCUT2D eigenvalue weighted by molar-refractivity contribution is 8.09. The normalized spacial score (nSPS) is 12.4. The van der Waals surface area contributed by atoms with E-state index in [0.29, 0.717) is 11.5 Å². The fourth-order valence-electron chi connectivity index (χ4n) is 3.11. The highest BCUT2D eigenvalue weighted by Crippen LogP contribution is 2.50. The van der Waals surface area contributed by atoms with Crippen LogP contribution in [0.15, 0.2) is 120 Å². The second-order valence-corrected chi connectivity index (χ2v) is 11.7. The van der Waals surface area contributed by atoms with Crippen LogP contribution in [0.3, 0.4) is 0 Å². The van der Waals surface area contributed by atoms with E-state index in [-0.39, 0.29) is 0 Å². The molecule has 158 valence electrons. The molecule has 4 aromatic rings. The van der Waals surface area contributed by atoms with E-state index in [0.717, 1.165) is 0 Å². The minimum Gasteiger partial charge on any atom is -0.431 e. The molecule has 1 atom stereocenters. The summed E-state index contributed by atoms with van der Waals surface area (Å²) in [7, 11) is -0.724. The van der Waals surface area contributed by atoms with Crippen LogP contribution in [0.25, 0.3) is 10.4 Å². The summed E-state index contributed by atoms with van der Waals surface area (Å²) in [5.41, 5.74) is 8.99. The van der Waals surface area contributed by atoms with Gasteiger partial charge in [0, 0.05) is 9.80 Å². The minimum atomic E-state index is -3.27. The van der Waals surface area contributed by atoms with Gasteiger partial charge in [0.1, 0.15) is 11.5 Å². The summed E-state index contributed by atoms with van der Waals surface area (Å²) in [6, 6.07) is 37.6. The van der Waals surface area contributed by atoms with Crippen molar-refractivity contribution in [2.45, 2.75) is 0 Å². The van der Waals surface area contributed by atoms with Gasteiger partial charge < -0.3 is 9.05 Å². The molecular formula is C24H19N3O2P2S. The molecular weight excluding hydrogens is 456 g/mol. The van der Waals surface area contributed by atoms with Crippen LogP contribution in [0.2, 0.25) is 0 Å². The molecule has 0 N–H and O–H groups in total. The smallest absolute Gasteiger partial charge is 0.379 e. The Balaban J connectivity index is 1.62. The van der Waals surface area contributed by atoms with Gasteiger partial charge in [0.25, 0.3) is 0 Å². The molecule has 4 rings (SSSR count). The molecule has 32 heavy (non-hydrogen) atoms. The van der Waals surface area contributed by atoms with E-state index in [4.69, 9.17) is 26.4 Å². The first-order valence-corrected chi connectivity index (χ1v) is 13.7. The maximum Gasteiger partial charge on any atom is 0.379 e. The average molecular weight is 475 g/mol. The monoisotopic (exact) mass is 475 g/mol. The van der Waals surface area contributed by atoms with Crippen LogP contribution in [0, 0.1) is 0 Å². The highest BCUT2D eigenvalue weighted by Gasteiger charge is 2.22. The molecule has 0 bridgehead atoms. The van der Waals surface area contributed by atoms with Crippen molar-refractivity contribution < 1.29 is 9.05 Å². The zero-order chi connectivity index (χ0) is 22.2. The molecule has 8 heteroatoms. The third-order valence-corrected chi connectivity index (χ3v) is 8.75. The molecule has 0 saturated heterocycles. The molecule has 0 heterocycles. The Labute approximate surface area is 193 Å². The second kappa shape index (κ2) is 10.5. The third-order valence-electron chi connectivity index (χ3n) is 4.46. The molecule has 4 aromatic carbocycles. The minimum absolute atomic E-state index is 0.497. The van der Waals surface area contributed by atoms with Crippen LogP contribution in [0.1, 0.15) is 0 Å². The lowest BCUT2D eigenvalue weighted by Crippen LogP contribution is -2.20. The van der Waals surface area contributed by atoms with Crippen LogP contribution < -0.4 is 25.0 Å². The number of rotatable bonds is 8. The number of azide groups is 1. The first kappa shape index (κ1) is 22.1. The summed E-state index contributed by atoms with van der Waals surface area (Å²) in [6.07, 6.45) is 0. The van der Waals surface area contributed by atoms with Crippen LogP contribution in [-0.4, -0.2) is 0 Å². The van der Waals surface area contributed by atoms with Crippen molar-refractivity contribution in [3.63, 3.8) is 0 Å². The van der Waals surface area contributed by atoms with Gasteiger partial charge in [0.15, 0.2) is 0 Å². The quantitative estimate of drug-likeness (QED) is 0.128. The topological polar surface area (TPSA) is 67.2 Å². The standard InChI is InChI=1S/C24H19N3O2P2S/c25-26-27-31(32,28-20-10-4-1-5-11-20)29-21-16-18-24(19-17-21)30(22-12-6-2-7-13-22)23-14-8-3-9-15-23/h1-19H. The Morgan fingerprint density at radius 1 is 0.625 bits per heavy atom. The Bertz CT molecular complexity index is 1210. The van der Waals surface area contributed by atoms with Gasteiger partial charge in [-0.25, -0.2) is 0 Å². The lowest BCUT2D eigenvalue weighted by molar-refractivity contribution is 0.487. The SMILES string of the molecule is [N-]=[N+]=NP(=S)(Oc1ccccc1)Oc1ccc(P(c2ccccc2)c2ccccc2)cc1. The van der Waals surface area contributed by atoms with Gasteiger partial charge >= 0.3 is 6.64 Å². The number of benzene rings is 4. The van der Waals surface area contributed by atoms with Crippen molar-refractivity contribution in [3.05, 3.63) is 126 Å². The van der Waals surface area contributed by atoms with Crippen molar-refractivity contribution in [3.8, 4) is 11.5 Å². The fraction of sp³-hybridized carbons (Fsp3) is 0. The lowest BCUT2D eigenvalue weighted by atomic mass is 10.3. The second-order valence-electron chi connectivity index (χ2n) is 6.64. The molecule has 0 amide bonds. The lowest BCUT2D eigenvalue weighted by Gasteiger charge is -2.21. The third kappa shape index (κ3) is 5.56. The van der Waals surface area contributed by atoms with Gasteiger partial charge in [-0.3, -0.25) is 0 Å². The van der Waals surface area contributed by atoms with Crippen molar-refractivity contribution >= 4 is 42.3 Å². The molecule has 0 saturated carbocycles. The number of para-hydroxylation sites is 1. The summed E-state index contributed by atoms with van der Waals surface area (Å²) in [5.74, 6) is 0.994. The Morgan fingerprint density at radius 3 is 1.50 bits per heavy atom. The summed E-state index contributed by atoms with van der Waals surface area (Å²) in [4.78, 5) is 6.51. The van der Waals surface area contributed by atoms with Crippen LogP contribution >= 0.6 is 14.6 Å². The highest BCUT2D eigenvalue weighted by atomic mass is 32.5. The van der Waals surface area contributed by atoms with Gasteiger partial charge in [-0.1, -0.05) is 91.0 Å². The summed E-state index contributed by atoms with van der Waals surface area (Å²) < 4.78 is 11.6. The van der Waals surface area contributed by atoms with Gasteiger partial charge in [-0.15, -0.1) is 0 Å². The van der Waals surface area contributed by atoms with Gasteiger partial charge in [0.05, 0.1) is 0 Å². The number of hydrogen-bond acceptors (Lipinski definition) is 3. The molecule has 5 nitrogen and oxygen atoms in total. The number of nitrogens with zero attached hydrogens (tertiary/aromatic N) is 3. The fourth-order valence-corrected chi connectivity index (χ4v) is 6.99. The largest absolute Gasteiger partial charge is 0.431 e. The van der Waals surface area contributed by atoms with Crippen molar-refractivity contribution in [2.24, 2.45) is 4.88 Å². The van der Waals surface area contributed by atoms with Crippen molar-refractivity contribution in [1.29, 1.82) is 0 Å². The maximum absolute atomic E-state index is 8.99. The van der Waals surface area contributed by atoms with E-state index in [1.165, 1.54) is 15.9 Å². The zero-order valence-electron chi connectivity index (χ0n) is 16.9. The Morgan fingerprint density at radius 2 is 1.03 bits per heavy atom. The predicted molar refractivity (Wildman–Crippen MR) is 136 cm³/mol. The first-order valence-electron chi connectivity index (χ1n) is 9.78. The van der Waals surface area contributed by atoms with E-state index < -0.39 is 14.6 Å². The molecule has 0 aliphatic carbocycles. The maximum atomic E-state index is 8.99. The molecule has 0 aliphatic heterocycles. The van der Waals surface area contributed by atoms with E-state index in [9.17, 15) is 0 Å². The van der Waals surface area contributed by atoms with Crippen molar-refractivity contribution in [1.82, 2.24) is 0 Å².